The maximum absolute atomic E-state index is 11.6. The quantitative estimate of drug-likeness (QED) is 0.747. The maximum Gasteiger partial charge on any atom is 0.328 e. The maximum atomic E-state index is 11.6. The lowest BCUT2D eigenvalue weighted by Gasteiger charge is -2.21. The van der Waals surface area contributed by atoms with E-state index in [1.807, 2.05) is 18.2 Å². The van der Waals surface area contributed by atoms with Crippen LogP contribution < -0.4 is 10.6 Å². The van der Waals surface area contributed by atoms with Crippen molar-refractivity contribution in [3.63, 3.8) is 0 Å². The monoisotopic (exact) mass is 278 g/mol. The highest BCUT2D eigenvalue weighted by molar-refractivity contribution is 5.85. The molecule has 1 rings (SSSR count). The zero-order valence-corrected chi connectivity index (χ0v) is 12.1. The molecule has 1 atom stereocenters. The molecule has 1 aromatic rings. The van der Waals surface area contributed by atoms with E-state index >= 15 is 0 Å². The van der Waals surface area contributed by atoms with Crippen molar-refractivity contribution in [2.24, 2.45) is 0 Å². The number of hydrogen-bond acceptors (Lipinski definition) is 2. The third-order valence-electron chi connectivity index (χ3n) is 3.19. The number of carboxylic acids is 1. The fourth-order valence-corrected chi connectivity index (χ4v) is 1.73. The summed E-state index contributed by atoms with van der Waals surface area (Å²) in [6.07, 6.45) is 0.797. The molecule has 0 bridgehead atoms. The first kappa shape index (κ1) is 16.0. The van der Waals surface area contributed by atoms with Gasteiger partial charge in [-0.2, -0.15) is 0 Å². The summed E-state index contributed by atoms with van der Waals surface area (Å²) in [5.41, 5.74) is -0.0460. The molecule has 110 valence electrons. The van der Waals surface area contributed by atoms with Gasteiger partial charge in [-0.3, -0.25) is 0 Å². The van der Waals surface area contributed by atoms with Crippen molar-refractivity contribution >= 4 is 12.0 Å². The number of carbonyl (C=O) groups excluding carboxylic acids is 1. The third-order valence-corrected chi connectivity index (χ3v) is 3.19. The van der Waals surface area contributed by atoms with Gasteiger partial charge in [0.2, 0.25) is 0 Å². The molecule has 0 saturated heterocycles. The standard InChI is InChI=1S/C15H22N2O3/c1-11(12-7-5-4-6-8-12)9-10-16-14(20)17-15(2,3)13(18)19/h4-8,11H,9-10H2,1-3H3,(H,18,19)(H2,16,17,20). The molecule has 0 aliphatic rings. The Hall–Kier alpha value is -2.04. The van der Waals surface area contributed by atoms with Gasteiger partial charge in [0.05, 0.1) is 0 Å². The van der Waals surface area contributed by atoms with Crippen molar-refractivity contribution in [3.8, 4) is 0 Å². The Labute approximate surface area is 119 Å². The summed E-state index contributed by atoms with van der Waals surface area (Å²) in [4.78, 5) is 22.5. The van der Waals surface area contributed by atoms with Gasteiger partial charge in [0, 0.05) is 6.54 Å². The highest BCUT2D eigenvalue weighted by Crippen LogP contribution is 2.17. The first-order chi connectivity index (χ1) is 9.33. The van der Waals surface area contributed by atoms with Crippen molar-refractivity contribution in [1.29, 1.82) is 0 Å². The summed E-state index contributed by atoms with van der Waals surface area (Å²) >= 11 is 0. The number of carbonyl (C=O) groups is 2. The van der Waals surface area contributed by atoms with Crippen molar-refractivity contribution < 1.29 is 14.7 Å². The van der Waals surface area contributed by atoms with Gasteiger partial charge in [-0.25, -0.2) is 9.59 Å². The van der Waals surface area contributed by atoms with Crippen LogP contribution in [0, 0.1) is 0 Å². The van der Waals surface area contributed by atoms with Crippen LogP contribution in [0.5, 0.6) is 0 Å². The predicted octanol–water partition coefficient (Wildman–Crippen LogP) is 2.34. The van der Waals surface area contributed by atoms with Crippen LogP contribution >= 0.6 is 0 Å². The average Bonchev–Trinajstić information content (AvgIpc) is 2.38. The normalized spacial score (nSPS) is 12.6. The number of aliphatic carboxylic acids is 1. The van der Waals surface area contributed by atoms with Gasteiger partial charge in [-0.05, 0) is 31.7 Å². The van der Waals surface area contributed by atoms with E-state index in [9.17, 15) is 9.59 Å². The Morgan fingerprint density at radius 2 is 1.85 bits per heavy atom. The fourth-order valence-electron chi connectivity index (χ4n) is 1.73. The molecule has 0 fully saturated rings. The second-order valence-electron chi connectivity index (χ2n) is 5.41. The van der Waals surface area contributed by atoms with Crippen LogP contribution in [0.15, 0.2) is 30.3 Å². The topological polar surface area (TPSA) is 78.4 Å². The van der Waals surface area contributed by atoms with Gasteiger partial charge in [0.25, 0.3) is 0 Å². The fraction of sp³-hybridized carbons (Fsp3) is 0.467. The van der Waals surface area contributed by atoms with E-state index in [-0.39, 0.29) is 0 Å². The molecule has 5 heteroatoms. The molecule has 0 heterocycles. The molecule has 1 aromatic carbocycles. The largest absolute Gasteiger partial charge is 0.480 e. The van der Waals surface area contributed by atoms with E-state index in [1.165, 1.54) is 19.4 Å². The van der Waals surface area contributed by atoms with Gasteiger partial charge < -0.3 is 15.7 Å². The number of carboxylic acid groups (broad SMARTS) is 1. The minimum Gasteiger partial charge on any atom is -0.480 e. The van der Waals surface area contributed by atoms with Crippen LogP contribution in [0.4, 0.5) is 4.79 Å². The van der Waals surface area contributed by atoms with E-state index in [0.717, 1.165) is 6.42 Å². The molecule has 5 nitrogen and oxygen atoms in total. The Balaban J connectivity index is 2.34. The summed E-state index contributed by atoms with van der Waals surface area (Å²) in [7, 11) is 0. The minimum absolute atomic E-state index is 0.337. The third kappa shape index (κ3) is 4.91. The van der Waals surface area contributed by atoms with Gasteiger partial charge in [0.1, 0.15) is 5.54 Å². The number of rotatable bonds is 6. The van der Waals surface area contributed by atoms with Crippen molar-refractivity contribution in [3.05, 3.63) is 35.9 Å². The number of benzene rings is 1. The minimum atomic E-state index is -1.27. The van der Waals surface area contributed by atoms with Crippen LogP contribution in [0.2, 0.25) is 0 Å². The molecule has 20 heavy (non-hydrogen) atoms. The zero-order valence-electron chi connectivity index (χ0n) is 12.1. The Bertz CT molecular complexity index is 457. The first-order valence-corrected chi connectivity index (χ1v) is 6.67. The summed E-state index contributed by atoms with van der Waals surface area (Å²) < 4.78 is 0. The van der Waals surface area contributed by atoms with E-state index in [2.05, 4.69) is 29.7 Å². The lowest BCUT2D eigenvalue weighted by Crippen LogP contribution is -2.53. The molecular formula is C15H22N2O3. The average molecular weight is 278 g/mol. The lowest BCUT2D eigenvalue weighted by atomic mass is 9.98. The van der Waals surface area contributed by atoms with Gasteiger partial charge in [-0.15, -0.1) is 0 Å². The van der Waals surface area contributed by atoms with Crippen molar-refractivity contribution in [2.75, 3.05) is 6.54 Å². The van der Waals surface area contributed by atoms with Crippen LogP contribution in [-0.2, 0) is 4.79 Å². The Kier molecular flexibility index (Phi) is 5.55. The smallest absolute Gasteiger partial charge is 0.328 e. The summed E-state index contributed by atoms with van der Waals surface area (Å²) in [6.45, 7) is 5.48. The molecule has 1 unspecified atom stereocenters. The second-order valence-corrected chi connectivity index (χ2v) is 5.41. The van der Waals surface area contributed by atoms with E-state index in [1.54, 1.807) is 0 Å². The summed E-state index contributed by atoms with van der Waals surface area (Å²) in [5.74, 6) is -0.728. The lowest BCUT2D eigenvalue weighted by molar-refractivity contribution is -0.142. The number of amides is 2. The van der Waals surface area contributed by atoms with Crippen LogP contribution in [0.1, 0.15) is 38.7 Å². The van der Waals surface area contributed by atoms with Gasteiger partial charge >= 0.3 is 12.0 Å². The zero-order chi connectivity index (χ0) is 15.2. The predicted molar refractivity (Wildman–Crippen MR) is 77.7 cm³/mol. The molecule has 0 aromatic heterocycles. The number of hydrogen-bond donors (Lipinski definition) is 3. The first-order valence-electron chi connectivity index (χ1n) is 6.67. The van der Waals surface area contributed by atoms with Gasteiger partial charge in [-0.1, -0.05) is 37.3 Å². The molecule has 3 N–H and O–H groups in total. The second kappa shape index (κ2) is 6.93. The van der Waals surface area contributed by atoms with Crippen LogP contribution in [0.25, 0.3) is 0 Å². The Morgan fingerprint density at radius 1 is 1.25 bits per heavy atom. The number of urea groups is 1. The van der Waals surface area contributed by atoms with E-state index in [4.69, 9.17) is 5.11 Å². The molecule has 0 aliphatic carbocycles. The van der Waals surface area contributed by atoms with Gasteiger partial charge in [0.15, 0.2) is 0 Å². The SMILES string of the molecule is CC(CCNC(=O)NC(C)(C)C(=O)O)c1ccccc1. The van der Waals surface area contributed by atoms with Crippen molar-refractivity contribution in [1.82, 2.24) is 10.6 Å². The number of nitrogens with one attached hydrogen (secondary N) is 2. The van der Waals surface area contributed by atoms with Crippen LogP contribution in [0.3, 0.4) is 0 Å². The Morgan fingerprint density at radius 3 is 2.40 bits per heavy atom. The molecule has 2 amide bonds. The molecule has 0 saturated carbocycles. The molecule has 0 radical (unpaired) electrons. The van der Waals surface area contributed by atoms with E-state index in [0.29, 0.717) is 12.5 Å². The highest BCUT2D eigenvalue weighted by atomic mass is 16.4. The highest BCUT2D eigenvalue weighted by Gasteiger charge is 2.28. The van der Waals surface area contributed by atoms with Crippen LogP contribution in [-0.4, -0.2) is 29.2 Å². The molecule has 0 aliphatic heterocycles. The molecular weight excluding hydrogens is 256 g/mol. The summed E-state index contributed by atoms with van der Waals surface area (Å²) in [5, 5.41) is 14.0. The summed E-state index contributed by atoms with van der Waals surface area (Å²) in [6, 6.07) is 9.59. The van der Waals surface area contributed by atoms with E-state index < -0.39 is 17.5 Å². The molecule has 0 spiro atoms. The van der Waals surface area contributed by atoms with Crippen molar-refractivity contribution in [2.45, 2.75) is 38.6 Å².